The third-order valence-corrected chi connectivity index (χ3v) is 4.48. The normalized spacial score (nSPS) is 31.4. The molecule has 1 amide bonds. The molecule has 1 fully saturated rings. The van der Waals surface area contributed by atoms with Crippen LogP contribution in [0.1, 0.15) is 26.7 Å². The van der Waals surface area contributed by atoms with Crippen molar-refractivity contribution in [3.63, 3.8) is 0 Å². The number of carbonyl (C=O) groups is 1. The first kappa shape index (κ1) is 14.5. The van der Waals surface area contributed by atoms with Gasteiger partial charge in [0, 0.05) is 19.7 Å². The minimum absolute atomic E-state index is 0.0580. The quantitative estimate of drug-likeness (QED) is 0.540. The van der Waals surface area contributed by atoms with E-state index in [0.29, 0.717) is 25.1 Å². The zero-order chi connectivity index (χ0) is 13.8. The smallest absolute Gasteiger partial charge is 0.236 e. The highest BCUT2D eigenvalue weighted by Gasteiger charge is 2.38. The third kappa shape index (κ3) is 3.57. The predicted octanol–water partition coefficient (Wildman–Crippen LogP) is 1.33. The Morgan fingerprint density at radius 3 is 2.74 bits per heavy atom. The summed E-state index contributed by atoms with van der Waals surface area (Å²) in [6.45, 7) is 5.28. The highest BCUT2D eigenvalue weighted by atomic mass is 16.5. The van der Waals surface area contributed by atoms with Gasteiger partial charge in [-0.3, -0.25) is 4.79 Å². The summed E-state index contributed by atoms with van der Waals surface area (Å²) in [5.74, 6) is 2.24. The van der Waals surface area contributed by atoms with Gasteiger partial charge in [-0.05, 0) is 44.4 Å². The number of methoxy groups -OCH3 is 1. The maximum absolute atomic E-state index is 11.9. The van der Waals surface area contributed by atoms with E-state index in [9.17, 15) is 4.79 Å². The number of hydrogen-bond donors (Lipinski definition) is 2. The first-order chi connectivity index (χ1) is 9.11. The van der Waals surface area contributed by atoms with E-state index in [1.165, 1.54) is 12.8 Å². The van der Waals surface area contributed by atoms with Crippen molar-refractivity contribution in [1.29, 1.82) is 0 Å². The fraction of sp³-hybridized carbons (Fsp3) is 0.800. The SMILES string of the molecule is COCCNC(=O)C(C)NC(C)C1CC2C=CC1C2. The molecule has 2 aliphatic carbocycles. The number of fused-ring (bicyclic) bond motifs is 2. The van der Waals surface area contributed by atoms with Crippen LogP contribution in [0.15, 0.2) is 12.2 Å². The highest BCUT2D eigenvalue weighted by molar-refractivity contribution is 5.81. The second-order valence-electron chi connectivity index (χ2n) is 5.90. The summed E-state index contributed by atoms with van der Waals surface area (Å²) in [5, 5.41) is 6.32. The van der Waals surface area contributed by atoms with Crippen molar-refractivity contribution < 1.29 is 9.53 Å². The van der Waals surface area contributed by atoms with Gasteiger partial charge in [-0.2, -0.15) is 0 Å². The van der Waals surface area contributed by atoms with Gasteiger partial charge in [0.25, 0.3) is 0 Å². The molecule has 1 saturated carbocycles. The zero-order valence-electron chi connectivity index (χ0n) is 12.2. The molecular formula is C15H26N2O2. The van der Waals surface area contributed by atoms with E-state index in [1.807, 2.05) is 6.92 Å². The molecule has 0 aromatic rings. The molecule has 0 radical (unpaired) electrons. The predicted molar refractivity (Wildman–Crippen MR) is 75.8 cm³/mol. The Hall–Kier alpha value is -0.870. The lowest BCUT2D eigenvalue weighted by Gasteiger charge is -2.28. The molecule has 0 aliphatic heterocycles. The van der Waals surface area contributed by atoms with Crippen molar-refractivity contribution in [3.8, 4) is 0 Å². The minimum Gasteiger partial charge on any atom is -0.383 e. The van der Waals surface area contributed by atoms with Crippen LogP contribution in [0.3, 0.4) is 0 Å². The lowest BCUT2D eigenvalue weighted by atomic mass is 9.87. The van der Waals surface area contributed by atoms with Crippen LogP contribution < -0.4 is 10.6 Å². The number of rotatable bonds is 7. The molecular weight excluding hydrogens is 240 g/mol. The second kappa shape index (κ2) is 6.53. The van der Waals surface area contributed by atoms with Crippen LogP contribution in [-0.2, 0) is 9.53 Å². The molecule has 0 aromatic carbocycles. The van der Waals surface area contributed by atoms with Crippen molar-refractivity contribution in [2.24, 2.45) is 17.8 Å². The van der Waals surface area contributed by atoms with Crippen LogP contribution in [-0.4, -0.2) is 38.3 Å². The van der Waals surface area contributed by atoms with E-state index in [0.717, 1.165) is 11.8 Å². The third-order valence-electron chi connectivity index (χ3n) is 4.48. The van der Waals surface area contributed by atoms with Crippen molar-refractivity contribution in [1.82, 2.24) is 10.6 Å². The molecule has 19 heavy (non-hydrogen) atoms. The maximum Gasteiger partial charge on any atom is 0.236 e. The molecule has 4 nitrogen and oxygen atoms in total. The summed E-state index contributed by atoms with van der Waals surface area (Å²) < 4.78 is 4.93. The van der Waals surface area contributed by atoms with Crippen molar-refractivity contribution >= 4 is 5.91 Å². The monoisotopic (exact) mass is 266 g/mol. The van der Waals surface area contributed by atoms with Gasteiger partial charge in [-0.25, -0.2) is 0 Å². The van der Waals surface area contributed by atoms with Gasteiger partial charge in [-0.15, -0.1) is 0 Å². The van der Waals surface area contributed by atoms with Gasteiger partial charge in [0.2, 0.25) is 5.91 Å². The maximum atomic E-state index is 11.9. The number of nitrogens with one attached hydrogen (secondary N) is 2. The van der Waals surface area contributed by atoms with Crippen LogP contribution in [0.25, 0.3) is 0 Å². The van der Waals surface area contributed by atoms with Gasteiger partial charge in [0.15, 0.2) is 0 Å². The highest BCUT2D eigenvalue weighted by Crippen LogP contribution is 2.44. The molecule has 108 valence electrons. The average molecular weight is 266 g/mol. The Bertz CT molecular complexity index is 343. The van der Waals surface area contributed by atoms with E-state index in [-0.39, 0.29) is 11.9 Å². The molecule has 5 unspecified atom stereocenters. The van der Waals surface area contributed by atoms with E-state index in [2.05, 4.69) is 29.7 Å². The van der Waals surface area contributed by atoms with Crippen LogP contribution in [0, 0.1) is 17.8 Å². The molecule has 0 heterocycles. The molecule has 0 aromatic heterocycles. The van der Waals surface area contributed by atoms with Gasteiger partial charge in [0.05, 0.1) is 12.6 Å². The summed E-state index contributed by atoms with van der Waals surface area (Å²) in [5.41, 5.74) is 0. The van der Waals surface area contributed by atoms with Crippen molar-refractivity contribution in [2.75, 3.05) is 20.3 Å². The molecule has 0 spiro atoms. The Morgan fingerprint density at radius 1 is 1.37 bits per heavy atom. The van der Waals surface area contributed by atoms with Crippen LogP contribution >= 0.6 is 0 Å². The number of ether oxygens (including phenoxy) is 1. The fourth-order valence-electron chi connectivity index (χ4n) is 3.42. The Balaban J connectivity index is 1.74. The number of amides is 1. The van der Waals surface area contributed by atoms with E-state index < -0.39 is 0 Å². The summed E-state index contributed by atoms with van der Waals surface area (Å²) in [7, 11) is 1.64. The van der Waals surface area contributed by atoms with E-state index in [1.54, 1.807) is 7.11 Å². The first-order valence-electron chi connectivity index (χ1n) is 7.32. The Morgan fingerprint density at radius 2 is 2.16 bits per heavy atom. The summed E-state index contributed by atoms with van der Waals surface area (Å²) >= 11 is 0. The Kier molecular flexibility index (Phi) is 4.99. The van der Waals surface area contributed by atoms with Crippen LogP contribution in [0.4, 0.5) is 0 Å². The van der Waals surface area contributed by atoms with Gasteiger partial charge in [-0.1, -0.05) is 12.2 Å². The minimum atomic E-state index is -0.144. The van der Waals surface area contributed by atoms with E-state index >= 15 is 0 Å². The van der Waals surface area contributed by atoms with Crippen LogP contribution in [0.2, 0.25) is 0 Å². The number of hydrogen-bond acceptors (Lipinski definition) is 3. The molecule has 2 rings (SSSR count). The summed E-state index contributed by atoms with van der Waals surface area (Å²) in [6.07, 6.45) is 7.30. The molecule has 0 saturated heterocycles. The molecule has 2 aliphatic rings. The van der Waals surface area contributed by atoms with Crippen molar-refractivity contribution in [2.45, 2.75) is 38.8 Å². The number of allylic oxidation sites excluding steroid dienone is 2. The van der Waals surface area contributed by atoms with Gasteiger partial charge in [0.1, 0.15) is 0 Å². The van der Waals surface area contributed by atoms with E-state index in [4.69, 9.17) is 4.74 Å². The Labute approximate surface area is 116 Å². The topological polar surface area (TPSA) is 50.4 Å². The molecule has 2 bridgehead atoms. The van der Waals surface area contributed by atoms with Gasteiger partial charge >= 0.3 is 0 Å². The van der Waals surface area contributed by atoms with Crippen LogP contribution in [0.5, 0.6) is 0 Å². The molecule has 4 heteroatoms. The first-order valence-corrected chi connectivity index (χ1v) is 7.32. The fourth-order valence-corrected chi connectivity index (χ4v) is 3.42. The average Bonchev–Trinajstić information content (AvgIpc) is 3.01. The largest absolute Gasteiger partial charge is 0.383 e. The lowest BCUT2D eigenvalue weighted by Crippen LogP contribution is -2.49. The summed E-state index contributed by atoms with van der Waals surface area (Å²) in [4.78, 5) is 11.9. The molecule has 2 N–H and O–H groups in total. The summed E-state index contributed by atoms with van der Waals surface area (Å²) in [6, 6.07) is 0.248. The standard InChI is InChI=1S/C15H26N2O2/c1-10(14-9-12-4-5-13(14)8-12)17-11(2)15(18)16-6-7-19-3/h4-5,10-14,17H,6-9H2,1-3H3,(H,16,18). The molecule has 5 atom stereocenters. The number of carbonyl (C=O) groups excluding carboxylic acids is 1. The second-order valence-corrected chi connectivity index (χ2v) is 5.90. The zero-order valence-corrected chi connectivity index (χ0v) is 12.2. The lowest BCUT2D eigenvalue weighted by molar-refractivity contribution is -0.123. The van der Waals surface area contributed by atoms with Gasteiger partial charge < -0.3 is 15.4 Å². The van der Waals surface area contributed by atoms with Crippen molar-refractivity contribution in [3.05, 3.63) is 12.2 Å².